The predicted octanol–water partition coefficient (Wildman–Crippen LogP) is 4.06. The van der Waals surface area contributed by atoms with Gasteiger partial charge in [0.05, 0.1) is 17.0 Å². The van der Waals surface area contributed by atoms with Crippen molar-refractivity contribution >= 4 is 51.8 Å². The van der Waals surface area contributed by atoms with Crippen LogP contribution in [-0.4, -0.2) is 52.3 Å². The zero-order valence-corrected chi connectivity index (χ0v) is 23.0. The van der Waals surface area contributed by atoms with E-state index in [0.29, 0.717) is 23.7 Å². The Morgan fingerprint density at radius 2 is 1.95 bits per heavy atom. The second-order valence-corrected chi connectivity index (χ2v) is 9.31. The number of hydrogen-bond donors (Lipinski definition) is 0. The molecule has 1 atom stereocenters. The normalized spacial score (nSPS) is 12.6. The van der Waals surface area contributed by atoms with E-state index in [-0.39, 0.29) is 51.6 Å². The van der Waals surface area contributed by atoms with E-state index in [0.717, 1.165) is 0 Å². The second kappa shape index (κ2) is 12.4. The number of fused-ring (bicyclic) bond motifs is 2. The highest BCUT2D eigenvalue weighted by molar-refractivity contribution is 6.35. The second-order valence-electron chi connectivity index (χ2n) is 8.47. The summed E-state index contributed by atoms with van der Waals surface area (Å²) in [5.41, 5.74) is 0.212. The third-order valence-corrected chi connectivity index (χ3v) is 6.31. The molecule has 0 aliphatic carbocycles. The number of aryl methyl sites for hydroxylation is 1. The van der Waals surface area contributed by atoms with Crippen molar-refractivity contribution in [2.24, 2.45) is 4.99 Å². The largest absolute Gasteiger partial charge is 0.479 e. The lowest BCUT2D eigenvalue weighted by Gasteiger charge is -2.16. The molecule has 0 saturated heterocycles. The lowest BCUT2D eigenvalue weighted by Crippen LogP contribution is -2.35. The third kappa shape index (κ3) is 6.13. The van der Waals surface area contributed by atoms with Crippen LogP contribution in [0.3, 0.4) is 0 Å². The fourth-order valence-corrected chi connectivity index (χ4v) is 4.40. The van der Waals surface area contributed by atoms with Crippen LogP contribution in [-0.2, 0) is 20.8 Å². The van der Waals surface area contributed by atoms with E-state index < -0.39 is 18.0 Å². The van der Waals surface area contributed by atoms with Gasteiger partial charge in [-0.1, -0.05) is 29.3 Å². The Labute approximate surface area is 233 Å². The van der Waals surface area contributed by atoms with Crippen LogP contribution < -0.4 is 15.8 Å². The fraction of sp³-hybridized carbons (Fsp3) is 0.296. The quantitative estimate of drug-likeness (QED) is 0.169. The van der Waals surface area contributed by atoms with Crippen molar-refractivity contribution in [2.75, 3.05) is 20.3 Å². The van der Waals surface area contributed by atoms with E-state index in [4.69, 9.17) is 37.4 Å². The number of pyridine rings is 2. The van der Waals surface area contributed by atoms with Crippen LogP contribution in [0.15, 0.2) is 58.4 Å². The molecule has 3 aromatic heterocycles. The van der Waals surface area contributed by atoms with Crippen LogP contribution >= 0.6 is 23.2 Å². The van der Waals surface area contributed by atoms with Crippen molar-refractivity contribution in [3.8, 4) is 5.75 Å². The summed E-state index contributed by atoms with van der Waals surface area (Å²) in [5.74, 6) is -1.18. The Morgan fingerprint density at radius 3 is 2.67 bits per heavy atom. The van der Waals surface area contributed by atoms with Crippen LogP contribution in [0, 0.1) is 0 Å². The molecular weight excluding hydrogens is 547 g/mol. The molecule has 0 aliphatic rings. The summed E-state index contributed by atoms with van der Waals surface area (Å²) in [4.78, 5) is 48.7. The highest BCUT2D eigenvalue weighted by atomic mass is 35.5. The van der Waals surface area contributed by atoms with E-state index in [1.165, 1.54) is 23.5 Å². The Kier molecular flexibility index (Phi) is 9.01. The minimum Gasteiger partial charge on any atom is -0.479 e. The number of hydrogen-bond acceptors (Lipinski definition) is 7. The number of amides is 1. The number of nitrogens with zero attached hydrogens (tertiary/aromatic N) is 4. The Morgan fingerprint density at radius 1 is 1.15 bits per heavy atom. The maximum Gasteiger partial charge on any atom is 0.341 e. The number of aromatic nitrogens is 3. The lowest BCUT2D eigenvalue weighted by molar-refractivity contribution is -0.124. The van der Waals surface area contributed by atoms with Crippen LogP contribution in [0.25, 0.3) is 16.7 Å². The van der Waals surface area contributed by atoms with Crippen molar-refractivity contribution in [3.05, 3.63) is 80.1 Å². The Hall–Kier alpha value is -3.73. The smallest absolute Gasteiger partial charge is 0.341 e. The van der Waals surface area contributed by atoms with E-state index in [9.17, 15) is 14.4 Å². The molecule has 3 heterocycles. The van der Waals surface area contributed by atoms with Gasteiger partial charge in [-0.25, -0.2) is 9.78 Å². The molecular formula is C27H26Cl2N4O6. The van der Waals surface area contributed by atoms with Gasteiger partial charge in [0.25, 0.3) is 11.5 Å². The van der Waals surface area contributed by atoms with E-state index in [1.807, 2.05) is 0 Å². The molecule has 0 spiro atoms. The van der Waals surface area contributed by atoms with Gasteiger partial charge in [0.15, 0.2) is 11.6 Å². The molecule has 0 fully saturated rings. The van der Waals surface area contributed by atoms with Gasteiger partial charge in [-0.05, 0) is 56.7 Å². The third-order valence-electron chi connectivity index (χ3n) is 5.78. The SMILES string of the molecule is CCOC(=O)c1cc2c(=O)n3ccccc3nc2n(CCCOC)c1=NC(=O)[C@H](C)Oc1ccc(Cl)cc1Cl. The first-order valence-corrected chi connectivity index (χ1v) is 12.9. The summed E-state index contributed by atoms with van der Waals surface area (Å²) in [6, 6.07) is 11.1. The Balaban J connectivity index is 1.94. The molecule has 12 heteroatoms. The van der Waals surface area contributed by atoms with Crippen molar-refractivity contribution in [3.63, 3.8) is 0 Å². The molecule has 1 amide bonds. The number of methoxy groups -OCH3 is 1. The number of carbonyl (C=O) groups is 2. The first-order chi connectivity index (χ1) is 18.7. The summed E-state index contributed by atoms with van der Waals surface area (Å²) in [6.45, 7) is 3.88. The van der Waals surface area contributed by atoms with Gasteiger partial charge in [-0.2, -0.15) is 4.99 Å². The minimum absolute atomic E-state index is 0.00751. The molecule has 0 radical (unpaired) electrons. The molecule has 39 heavy (non-hydrogen) atoms. The standard InChI is InChI=1S/C27H26Cl2N4O6/c1-4-38-27(36)19-15-18-23(30-22-8-5-6-11-32(22)26(18)35)33(12-7-13-37-3)24(19)31-25(34)16(2)39-21-10-9-17(28)14-20(21)29/h5-6,8-11,14-16H,4,7,12-13H2,1-3H3/t16-/m0/s1. The molecule has 0 saturated carbocycles. The lowest BCUT2D eigenvalue weighted by atomic mass is 10.2. The average Bonchev–Trinajstić information content (AvgIpc) is 2.91. The maximum atomic E-state index is 13.4. The van der Waals surface area contributed by atoms with Gasteiger partial charge >= 0.3 is 5.97 Å². The highest BCUT2D eigenvalue weighted by Gasteiger charge is 2.22. The molecule has 10 nitrogen and oxygen atoms in total. The monoisotopic (exact) mass is 572 g/mol. The van der Waals surface area contributed by atoms with Crippen molar-refractivity contribution in [1.29, 1.82) is 0 Å². The van der Waals surface area contributed by atoms with Crippen molar-refractivity contribution in [2.45, 2.75) is 32.9 Å². The number of halogens is 2. The zero-order valence-electron chi connectivity index (χ0n) is 21.5. The van der Waals surface area contributed by atoms with Crippen LogP contribution in [0.5, 0.6) is 5.75 Å². The van der Waals surface area contributed by atoms with Crippen LogP contribution in [0.4, 0.5) is 0 Å². The number of esters is 1. The maximum absolute atomic E-state index is 13.4. The molecule has 1 aromatic carbocycles. The minimum atomic E-state index is -1.07. The van der Waals surface area contributed by atoms with Gasteiger partial charge in [-0.15, -0.1) is 0 Å². The first-order valence-electron chi connectivity index (χ1n) is 12.2. The Bertz CT molecular complexity index is 1680. The summed E-state index contributed by atoms with van der Waals surface area (Å²) < 4.78 is 19.1. The zero-order chi connectivity index (χ0) is 28.1. The summed E-state index contributed by atoms with van der Waals surface area (Å²) in [6.07, 6.45) is 1.00. The predicted molar refractivity (Wildman–Crippen MR) is 147 cm³/mol. The topological polar surface area (TPSA) is 113 Å². The van der Waals surface area contributed by atoms with Crippen molar-refractivity contribution in [1.82, 2.24) is 14.0 Å². The number of ether oxygens (including phenoxy) is 3. The molecule has 4 rings (SSSR count). The highest BCUT2D eigenvalue weighted by Crippen LogP contribution is 2.28. The summed E-state index contributed by atoms with van der Waals surface area (Å²) in [7, 11) is 1.56. The molecule has 204 valence electrons. The number of benzene rings is 1. The van der Waals surface area contributed by atoms with E-state index in [1.54, 1.807) is 55.1 Å². The van der Waals surface area contributed by atoms with Gasteiger partial charge in [0.1, 0.15) is 22.6 Å². The van der Waals surface area contributed by atoms with Crippen molar-refractivity contribution < 1.29 is 23.8 Å². The summed E-state index contributed by atoms with van der Waals surface area (Å²) in [5, 5.41) is 0.813. The van der Waals surface area contributed by atoms with Gasteiger partial charge < -0.3 is 18.8 Å². The van der Waals surface area contributed by atoms with Gasteiger partial charge in [-0.3, -0.25) is 14.0 Å². The fourth-order valence-electron chi connectivity index (χ4n) is 3.94. The molecule has 4 aromatic rings. The number of rotatable bonds is 9. The number of carbonyl (C=O) groups excluding carboxylic acids is 2. The van der Waals surface area contributed by atoms with Gasteiger partial charge in [0, 0.05) is 31.5 Å². The van der Waals surface area contributed by atoms with E-state index in [2.05, 4.69) is 9.98 Å². The first kappa shape index (κ1) is 28.3. The molecule has 0 aliphatic heterocycles. The van der Waals surface area contributed by atoms with Crippen LogP contribution in [0.2, 0.25) is 10.0 Å². The average molecular weight is 573 g/mol. The van der Waals surface area contributed by atoms with Crippen LogP contribution in [0.1, 0.15) is 30.6 Å². The molecule has 0 N–H and O–H groups in total. The van der Waals surface area contributed by atoms with E-state index >= 15 is 0 Å². The van der Waals surface area contributed by atoms with Gasteiger partial charge in [0.2, 0.25) is 0 Å². The molecule has 0 unspecified atom stereocenters. The molecule has 0 bridgehead atoms. The summed E-state index contributed by atoms with van der Waals surface area (Å²) >= 11 is 12.1.